The van der Waals surface area contributed by atoms with Gasteiger partial charge in [-0.2, -0.15) is 12.7 Å². The average Bonchev–Trinajstić information content (AvgIpc) is 3.32. The van der Waals surface area contributed by atoms with Gasteiger partial charge in [0.2, 0.25) is 0 Å². The van der Waals surface area contributed by atoms with Crippen LogP contribution in [0, 0.1) is 0 Å². The molecule has 0 aliphatic carbocycles. The minimum atomic E-state index is -3.63. The number of aromatic nitrogens is 2. The summed E-state index contributed by atoms with van der Waals surface area (Å²) in [4.78, 5) is 25.1. The quantitative estimate of drug-likeness (QED) is 0.293. The third-order valence-electron chi connectivity index (χ3n) is 6.61. The van der Waals surface area contributed by atoms with Crippen molar-refractivity contribution < 1.29 is 33.6 Å². The second kappa shape index (κ2) is 12.0. The average molecular weight is 633 g/mol. The topological polar surface area (TPSA) is 126 Å². The first-order valence-corrected chi connectivity index (χ1v) is 14.1. The van der Waals surface area contributed by atoms with Crippen LogP contribution in [0.1, 0.15) is 24.3 Å². The molecule has 0 atom stereocenters. The molecule has 1 amide bonds. The number of benzene rings is 1. The molecule has 38 heavy (non-hydrogen) atoms. The van der Waals surface area contributed by atoms with Crippen LogP contribution in [0.15, 0.2) is 42.6 Å². The number of piperazine rings is 2. The molecular weight excluding hydrogens is 599 g/mol. The Bertz CT molecular complexity index is 1370. The van der Waals surface area contributed by atoms with Crippen LogP contribution in [0.25, 0.3) is 10.9 Å². The number of anilines is 3. The predicted molar refractivity (Wildman–Crippen MR) is 146 cm³/mol. The van der Waals surface area contributed by atoms with Gasteiger partial charge in [-0.15, -0.1) is 0 Å². The second-order valence-electron chi connectivity index (χ2n) is 9.69. The molecule has 2 fully saturated rings. The molecule has 2 aromatic heterocycles. The molecule has 0 saturated carbocycles. The summed E-state index contributed by atoms with van der Waals surface area (Å²) in [6.07, 6.45) is 1.79. The summed E-state index contributed by atoms with van der Waals surface area (Å²) >= 11 is 0. The Hall–Kier alpha value is -2.69. The molecule has 2 aliphatic rings. The van der Waals surface area contributed by atoms with Crippen molar-refractivity contribution in [1.82, 2.24) is 24.5 Å². The number of hydrogen-bond acceptors (Lipinski definition) is 7. The maximum absolute atomic E-state index is 13.3. The summed E-state index contributed by atoms with van der Waals surface area (Å²) in [6.45, 7) is 8.87. The second-order valence-corrected chi connectivity index (χ2v) is 11.4. The number of carbonyl (C=O) groups is 1. The van der Waals surface area contributed by atoms with E-state index in [0.29, 0.717) is 69.8 Å². The molecule has 13 heteroatoms. The first kappa shape index (κ1) is 28.3. The normalized spacial score (nSPS) is 16.9. The number of pyridine rings is 1. The molecule has 0 bridgehead atoms. The van der Waals surface area contributed by atoms with Crippen molar-refractivity contribution in [3.63, 3.8) is 0 Å². The zero-order valence-electron chi connectivity index (χ0n) is 21.5. The Morgan fingerprint density at radius 3 is 2.47 bits per heavy atom. The molecule has 4 N–H and O–H groups in total. The van der Waals surface area contributed by atoms with Gasteiger partial charge in [-0.25, -0.2) is 4.98 Å². The molecule has 0 radical (unpaired) electrons. The van der Waals surface area contributed by atoms with Gasteiger partial charge < -0.3 is 25.4 Å². The summed E-state index contributed by atoms with van der Waals surface area (Å²) in [5.41, 5.74) is 2.74. The smallest absolute Gasteiger partial charge is 0.301 e. The molecule has 11 nitrogen and oxygen atoms in total. The first-order valence-electron chi connectivity index (χ1n) is 12.7. The molecular formula is C25H34N8O3PdS. The predicted octanol–water partition coefficient (Wildman–Crippen LogP) is 1.91. The molecule has 5 rings (SSSR count). The Balaban J connectivity index is 0.00000336. The third-order valence-corrected chi connectivity index (χ3v) is 8.15. The largest absolute Gasteiger partial charge is 0.380 e. The van der Waals surface area contributed by atoms with Crippen molar-refractivity contribution in [1.29, 1.82) is 0 Å². The molecule has 1 aromatic carbocycles. The van der Waals surface area contributed by atoms with E-state index in [1.165, 1.54) is 4.31 Å². The maximum Gasteiger partial charge on any atom is 0.301 e. The molecule has 2 aliphatic heterocycles. The summed E-state index contributed by atoms with van der Waals surface area (Å²) < 4.78 is 29.5. The van der Waals surface area contributed by atoms with Crippen molar-refractivity contribution >= 4 is 44.2 Å². The van der Waals surface area contributed by atoms with E-state index in [4.69, 9.17) is 0 Å². The Labute approximate surface area is 237 Å². The van der Waals surface area contributed by atoms with Gasteiger partial charge in [-0.05, 0) is 50.2 Å². The number of hydrogen-bond donors (Lipinski definition) is 4. The van der Waals surface area contributed by atoms with Crippen molar-refractivity contribution in [3.05, 3.63) is 48.3 Å². The van der Waals surface area contributed by atoms with Gasteiger partial charge in [-0.1, -0.05) is 0 Å². The Kier molecular flexibility index (Phi) is 8.95. The van der Waals surface area contributed by atoms with Gasteiger partial charge in [-0.3, -0.25) is 9.52 Å². The fourth-order valence-electron chi connectivity index (χ4n) is 4.77. The number of aromatic amines is 1. The van der Waals surface area contributed by atoms with Crippen molar-refractivity contribution in [2.75, 3.05) is 67.3 Å². The Morgan fingerprint density at radius 2 is 1.76 bits per heavy atom. The van der Waals surface area contributed by atoms with Crippen LogP contribution in [0.3, 0.4) is 0 Å². The standard InChI is InChI=1S/C25H34N8O3S.Pd/c1-18(2)28-22-4-3-7-27-24(22)31-12-14-32(15-13-31)25(34)23-17-19-16-20(5-6-21(19)29-23)30-37(35,36)33-10-8-26-9-11-33;/h3-7,16-18,26,28-30H,8-15H2,1-2H3;. The summed E-state index contributed by atoms with van der Waals surface area (Å²) in [5, 5.41) is 7.38. The number of fused-ring (bicyclic) bond motifs is 1. The monoisotopic (exact) mass is 632 g/mol. The number of nitrogens with one attached hydrogen (secondary N) is 4. The molecule has 208 valence electrons. The van der Waals surface area contributed by atoms with Crippen LogP contribution in [-0.4, -0.2) is 91.9 Å². The van der Waals surface area contributed by atoms with Gasteiger partial charge in [0.1, 0.15) is 5.69 Å². The minimum absolute atomic E-state index is 0. The van der Waals surface area contributed by atoms with Gasteiger partial charge in [0, 0.05) is 95.9 Å². The SMILES string of the molecule is CC(C)Nc1cccnc1N1CCN(C(=O)c2cc3cc(NS(=O)(=O)N4CCNCC4)ccc3[nH]2)CC1.[Pd]. The number of rotatable bonds is 7. The van der Waals surface area contributed by atoms with E-state index in [1.807, 2.05) is 17.0 Å². The molecule has 0 unspecified atom stereocenters. The van der Waals surface area contributed by atoms with Crippen LogP contribution in [0.5, 0.6) is 0 Å². The minimum Gasteiger partial charge on any atom is -0.380 e. The Morgan fingerprint density at radius 1 is 1.03 bits per heavy atom. The molecule has 3 aromatic rings. The van der Waals surface area contributed by atoms with E-state index in [2.05, 4.69) is 44.1 Å². The number of carbonyl (C=O) groups excluding carboxylic acids is 1. The summed E-state index contributed by atoms with van der Waals surface area (Å²) in [6, 6.07) is 11.3. The van der Waals surface area contributed by atoms with Gasteiger partial charge in [0.25, 0.3) is 5.91 Å². The summed E-state index contributed by atoms with van der Waals surface area (Å²) in [7, 11) is -3.63. The molecule has 2 saturated heterocycles. The van der Waals surface area contributed by atoms with Crippen LogP contribution >= 0.6 is 0 Å². The van der Waals surface area contributed by atoms with Crippen LogP contribution in [-0.2, 0) is 30.6 Å². The summed E-state index contributed by atoms with van der Waals surface area (Å²) in [5.74, 6) is 0.838. The van der Waals surface area contributed by atoms with E-state index >= 15 is 0 Å². The van der Waals surface area contributed by atoms with Crippen LogP contribution in [0.2, 0.25) is 0 Å². The molecule has 0 spiro atoms. The first-order chi connectivity index (χ1) is 17.8. The van der Waals surface area contributed by atoms with Crippen molar-refractivity contribution in [2.45, 2.75) is 19.9 Å². The number of amides is 1. The van der Waals surface area contributed by atoms with E-state index < -0.39 is 10.2 Å². The number of H-pyrrole nitrogens is 1. The van der Waals surface area contributed by atoms with Crippen molar-refractivity contribution in [3.8, 4) is 0 Å². The van der Waals surface area contributed by atoms with E-state index in [-0.39, 0.29) is 26.3 Å². The van der Waals surface area contributed by atoms with Crippen molar-refractivity contribution in [2.24, 2.45) is 0 Å². The van der Waals surface area contributed by atoms with Gasteiger partial charge in [0.15, 0.2) is 5.82 Å². The van der Waals surface area contributed by atoms with Crippen LogP contribution < -0.4 is 20.3 Å². The van der Waals surface area contributed by atoms with E-state index in [0.717, 1.165) is 22.4 Å². The van der Waals surface area contributed by atoms with Gasteiger partial charge >= 0.3 is 10.2 Å². The zero-order valence-corrected chi connectivity index (χ0v) is 23.9. The van der Waals surface area contributed by atoms with E-state index in [1.54, 1.807) is 30.5 Å². The fraction of sp³-hybridized carbons (Fsp3) is 0.440. The van der Waals surface area contributed by atoms with Gasteiger partial charge in [0.05, 0.1) is 11.4 Å². The maximum atomic E-state index is 13.3. The molecule has 4 heterocycles. The number of nitrogens with zero attached hydrogens (tertiary/aromatic N) is 4. The third kappa shape index (κ3) is 6.30. The fourth-order valence-corrected chi connectivity index (χ4v) is 5.99. The van der Waals surface area contributed by atoms with E-state index in [9.17, 15) is 13.2 Å². The van der Waals surface area contributed by atoms with Crippen LogP contribution in [0.4, 0.5) is 17.2 Å². The zero-order chi connectivity index (χ0) is 26.0.